The number of nitrogens with one attached hydrogen (secondary N) is 1. The summed E-state index contributed by atoms with van der Waals surface area (Å²) in [5, 5.41) is 6.65. The average Bonchev–Trinajstić information content (AvgIpc) is 2.55. The van der Waals surface area contributed by atoms with Gasteiger partial charge in [0, 0.05) is 25.4 Å². The zero-order chi connectivity index (χ0) is 16.7. The first kappa shape index (κ1) is 16.7. The van der Waals surface area contributed by atoms with Gasteiger partial charge in [-0.3, -0.25) is 9.59 Å². The second-order valence-electron chi connectivity index (χ2n) is 4.94. The Morgan fingerprint density at radius 1 is 1.35 bits per heavy atom. The number of halogens is 1. The monoisotopic (exact) mass is 319 g/mol. The fourth-order valence-corrected chi connectivity index (χ4v) is 1.91. The van der Waals surface area contributed by atoms with Crippen molar-refractivity contribution in [2.45, 2.75) is 26.0 Å². The number of hydrogen-bond donors (Lipinski definition) is 1. The van der Waals surface area contributed by atoms with Crippen LogP contribution in [-0.2, 0) is 11.3 Å². The van der Waals surface area contributed by atoms with Crippen molar-refractivity contribution in [2.24, 2.45) is 0 Å². The van der Waals surface area contributed by atoms with Gasteiger partial charge in [-0.15, -0.1) is 0 Å². The second kappa shape index (κ2) is 8.07. The van der Waals surface area contributed by atoms with Gasteiger partial charge in [-0.1, -0.05) is 0 Å². The van der Waals surface area contributed by atoms with Crippen molar-refractivity contribution < 1.29 is 13.9 Å². The number of benzene rings is 1. The van der Waals surface area contributed by atoms with Crippen LogP contribution in [0.3, 0.4) is 0 Å². The van der Waals surface area contributed by atoms with Crippen LogP contribution in [-0.4, -0.2) is 28.3 Å². The maximum atomic E-state index is 12.8. The molecule has 23 heavy (non-hydrogen) atoms. The first-order chi connectivity index (χ1) is 11.1. The number of aromatic nitrogens is 2. The number of nitrogens with zero attached hydrogens (tertiary/aromatic N) is 2. The first-order valence-electron chi connectivity index (χ1n) is 7.28. The Morgan fingerprint density at radius 3 is 2.78 bits per heavy atom. The van der Waals surface area contributed by atoms with Crippen LogP contribution in [0.15, 0.2) is 47.4 Å². The minimum absolute atomic E-state index is 0.174. The molecule has 0 radical (unpaired) electrons. The molecule has 1 heterocycles. The molecule has 0 bridgehead atoms. The summed E-state index contributed by atoms with van der Waals surface area (Å²) >= 11 is 0. The predicted octanol–water partition coefficient (Wildman–Crippen LogP) is 1.36. The third-order valence-corrected chi connectivity index (χ3v) is 3.13. The number of hydrogen-bond acceptors (Lipinski definition) is 4. The third-order valence-electron chi connectivity index (χ3n) is 3.13. The second-order valence-corrected chi connectivity index (χ2v) is 4.94. The highest BCUT2D eigenvalue weighted by Crippen LogP contribution is 2.12. The molecule has 0 saturated carbocycles. The van der Waals surface area contributed by atoms with Crippen molar-refractivity contribution in [1.29, 1.82) is 0 Å². The summed E-state index contributed by atoms with van der Waals surface area (Å²) in [5.41, 5.74) is -0.174. The molecule has 1 amide bonds. The van der Waals surface area contributed by atoms with Gasteiger partial charge in [-0.2, -0.15) is 5.10 Å². The zero-order valence-electron chi connectivity index (χ0n) is 12.7. The Morgan fingerprint density at radius 2 is 2.09 bits per heavy atom. The van der Waals surface area contributed by atoms with Crippen molar-refractivity contribution in [2.75, 3.05) is 6.54 Å². The number of carbonyl (C=O) groups excluding carboxylic acids is 1. The predicted molar refractivity (Wildman–Crippen MR) is 82.6 cm³/mol. The fourth-order valence-electron chi connectivity index (χ4n) is 1.91. The SMILES string of the molecule is CC(Oc1ccc(F)cc1)C(=O)NCCCn1ncccc1=O. The molecule has 0 aliphatic rings. The van der Waals surface area contributed by atoms with Crippen molar-refractivity contribution >= 4 is 5.91 Å². The molecule has 1 N–H and O–H groups in total. The molecule has 1 atom stereocenters. The Hall–Kier alpha value is -2.70. The van der Waals surface area contributed by atoms with Crippen LogP contribution in [0.2, 0.25) is 0 Å². The van der Waals surface area contributed by atoms with Gasteiger partial charge in [0.2, 0.25) is 0 Å². The van der Waals surface area contributed by atoms with Gasteiger partial charge >= 0.3 is 0 Å². The van der Waals surface area contributed by atoms with E-state index in [-0.39, 0.29) is 17.3 Å². The summed E-state index contributed by atoms with van der Waals surface area (Å²) in [6, 6.07) is 8.48. The van der Waals surface area contributed by atoms with Gasteiger partial charge in [-0.25, -0.2) is 9.07 Å². The van der Waals surface area contributed by atoms with Crippen LogP contribution < -0.4 is 15.6 Å². The van der Waals surface area contributed by atoms with E-state index in [2.05, 4.69) is 10.4 Å². The lowest BCUT2D eigenvalue weighted by Crippen LogP contribution is -2.37. The lowest BCUT2D eigenvalue weighted by molar-refractivity contribution is -0.127. The maximum Gasteiger partial charge on any atom is 0.266 e. The summed E-state index contributed by atoms with van der Waals surface area (Å²) in [6.07, 6.45) is 1.42. The molecule has 6 nitrogen and oxygen atoms in total. The minimum atomic E-state index is -0.696. The largest absolute Gasteiger partial charge is 0.481 e. The summed E-state index contributed by atoms with van der Waals surface area (Å²) in [7, 11) is 0. The number of ether oxygens (including phenoxy) is 1. The minimum Gasteiger partial charge on any atom is -0.481 e. The van der Waals surface area contributed by atoms with E-state index in [9.17, 15) is 14.0 Å². The van der Waals surface area contributed by atoms with Crippen LogP contribution in [0.25, 0.3) is 0 Å². The summed E-state index contributed by atoms with van der Waals surface area (Å²) in [4.78, 5) is 23.3. The highest BCUT2D eigenvalue weighted by Gasteiger charge is 2.13. The molecule has 2 aromatic rings. The van der Waals surface area contributed by atoms with E-state index >= 15 is 0 Å². The van der Waals surface area contributed by atoms with Crippen molar-refractivity contribution in [3.8, 4) is 5.75 Å². The van der Waals surface area contributed by atoms with Crippen molar-refractivity contribution in [1.82, 2.24) is 15.1 Å². The van der Waals surface area contributed by atoms with Crippen molar-refractivity contribution in [3.05, 3.63) is 58.8 Å². The molecular formula is C16H18FN3O3. The quantitative estimate of drug-likeness (QED) is 0.782. The van der Waals surface area contributed by atoms with Gasteiger partial charge in [0.15, 0.2) is 6.10 Å². The smallest absolute Gasteiger partial charge is 0.266 e. The standard InChI is InChI=1S/C16H18FN3O3/c1-12(23-14-7-5-13(17)6-8-14)16(22)18-9-3-11-20-15(21)4-2-10-19-20/h2,4-8,10,12H,3,9,11H2,1H3,(H,18,22). The molecule has 2 rings (SSSR count). The van der Waals surface area contributed by atoms with E-state index in [0.29, 0.717) is 25.3 Å². The van der Waals surface area contributed by atoms with E-state index < -0.39 is 6.10 Å². The molecule has 1 unspecified atom stereocenters. The van der Waals surface area contributed by atoms with Crippen LogP contribution in [0, 0.1) is 5.82 Å². The van der Waals surface area contributed by atoms with Crippen LogP contribution in [0.4, 0.5) is 4.39 Å². The number of amides is 1. The molecule has 7 heteroatoms. The van der Waals surface area contributed by atoms with Crippen LogP contribution in [0.1, 0.15) is 13.3 Å². The number of carbonyl (C=O) groups is 1. The van der Waals surface area contributed by atoms with Gasteiger partial charge < -0.3 is 10.1 Å². The van der Waals surface area contributed by atoms with E-state index in [1.54, 1.807) is 19.2 Å². The Kier molecular flexibility index (Phi) is 5.85. The highest BCUT2D eigenvalue weighted by molar-refractivity contribution is 5.80. The van der Waals surface area contributed by atoms with E-state index in [4.69, 9.17) is 4.74 Å². The number of aryl methyl sites for hydroxylation is 1. The molecule has 0 fully saturated rings. The summed E-state index contributed by atoms with van der Waals surface area (Å²) in [5.74, 6) is -0.212. The van der Waals surface area contributed by atoms with Crippen LogP contribution >= 0.6 is 0 Å². The van der Waals surface area contributed by atoms with E-state index in [0.717, 1.165) is 0 Å². The summed E-state index contributed by atoms with van der Waals surface area (Å²) in [6.45, 7) is 2.44. The first-order valence-corrected chi connectivity index (χ1v) is 7.28. The lowest BCUT2D eigenvalue weighted by atomic mass is 10.3. The third kappa shape index (κ3) is 5.21. The van der Waals surface area contributed by atoms with Gasteiger partial charge in [-0.05, 0) is 43.7 Å². The lowest BCUT2D eigenvalue weighted by Gasteiger charge is -2.14. The molecule has 0 spiro atoms. The molecule has 1 aromatic carbocycles. The average molecular weight is 319 g/mol. The molecule has 1 aromatic heterocycles. The van der Waals surface area contributed by atoms with Gasteiger partial charge in [0.05, 0.1) is 0 Å². The zero-order valence-corrected chi connectivity index (χ0v) is 12.7. The summed E-state index contributed by atoms with van der Waals surface area (Å²) < 4.78 is 19.5. The van der Waals surface area contributed by atoms with Crippen LogP contribution in [0.5, 0.6) is 5.75 Å². The Labute approximate surface area is 132 Å². The molecule has 0 saturated heterocycles. The topological polar surface area (TPSA) is 73.2 Å². The molecular weight excluding hydrogens is 301 g/mol. The highest BCUT2D eigenvalue weighted by atomic mass is 19.1. The molecule has 122 valence electrons. The van der Waals surface area contributed by atoms with E-state index in [1.807, 2.05) is 0 Å². The maximum absolute atomic E-state index is 12.8. The Balaban J connectivity index is 1.73. The number of rotatable bonds is 7. The fraction of sp³-hybridized carbons (Fsp3) is 0.312. The van der Waals surface area contributed by atoms with Gasteiger partial charge in [0.1, 0.15) is 11.6 Å². The molecule has 0 aliphatic heterocycles. The molecule has 0 aliphatic carbocycles. The van der Waals surface area contributed by atoms with Gasteiger partial charge in [0.25, 0.3) is 11.5 Å². The normalized spacial score (nSPS) is 11.7. The van der Waals surface area contributed by atoms with E-state index in [1.165, 1.54) is 35.0 Å². The Bertz CT molecular complexity index is 700. The van der Waals surface area contributed by atoms with Crippen molar-refractivity contribution in [3.63, 3.8) is 0 Å².